The first-order valence-corrected chi connectivity index (χ1v) is 3.64. The summed E-state index contributed by atoms with van der Waals surface area (Å²) < 4.78 is 35.5. The monoisotopic (exact) mass is 191 g/mol. The molecule has 72 valence electrons. The smallest absolute Gasteiger partial charge is 0.356 e. The summed E-state index contributed by atoms with van der Waals surface area (Å²) in [6.07, 6.45) is -5.26. The van der Waals surface area contributed by atoms with E-state index in [9.17, 15) is 18.0 Å². The van der Waals surface area contributed by atoms with Crippen LogP contribution in [0.5, 0.6) is 0 Å². The van der Waals surface area contributed by atoms with E-state index in [1.165, 1.54) is 19.1 Å². The molecule has 1 rings (SSSR count). The number of aromatic nitrogens is 1. The van der Waals surface area contributed by atoms with Crippen LogP contribution < -0.4 is 0 Å². The van der Waals surface area contributed by atoms with E-state index in [1.807, 2.05) is 0 Å². The van der Waals surface area contributed by atoms with Crippen molar-refractivity contribution in [2.45, 2.75) is 19.5 Å². The van der Waals surface area contributed by atoms with Crippen LogP contribution in [0.2, 0.25) is 0 Å². The van der Waals surface area contributed by atoms with E-state index in [-0.39, 0.29) is 17.2 Å². The van der Waals surface area contributed by atoms with Gasteiger partial charge in [-0.25, -0.2) is 0 Å². The van der Waals surface area contributed by atoms with Gasteiger partial charge in [0, 0.05) is 12.6 Å². The Labute approximate surface area is 72.8 Å². The maximum absolute atomic E-state index is 11.8. The number of rotatable bonds is 2. The van der Waals surface area contributed by atoms with Gasteiger partial charge in [0.05, 0.1) is 12.1 Å². The highest BCUT2D eigenvalue weighted by Crippen LogP contribution is 2.20. The molecule has 5 heteroatoms. The molecule has 0 unspecified atom stereocenters. The molecular weight excluding hydrogens is 183 g/mol. The van der Waals surface area contributed by atoms with E-state index in [1.54, 1.807) is 0 Å². The average Bonchev–Trinajstić information content (AvgIpc) is 2.31. The molecule has 0 fully saturated rings. The molecule has 0 aliphatic heterocycles. The van der Waals surface area contributed by atoms with Gasteiger partial charge >= 0.3 is 6.18 Å². The molecule has 0 spiro atoms. The fraction of sp³-hybridized carbons (Fsp3) is 0.375. The highest BCUT2D eigenvalue weighted by molar-refractivity contribution is 5.92. The molecule has 0 amide bonds. The predicted octanol–water partition coefficient (Wildman–Crippen LogP) is 2.32. The number of H-pyrrole nitrogens is 1. The fourth-order valence-electron chi connectivity index (χ4n) is 0.965. The van der Waals surface area contributed by atoms with E-state index in [0.29, 0.717) is 0 Å². The number of Topliss-reactive ketones (excluding diaryl/α,β-unsaturated/α-hetero) is 1. The minimum atomic E-state index is -4.24. The quantitative estimate of drug-likeness (QED) is 0.715. The number of alkyl halides is 3. The molecule has 1 N–H and O–H groups in total. The number of carbonyl (C=O) groups excluding carboxylic acids is 1. The molecule has 0 aliphatic carbocycles. The van der Waals surface area contributed by atoms with E-state index in [0.717, 1.165) is 0 Å². The van der Waals surface area contributed by atoms with Crippen LogP contribution in [0.25, 0.3) is 0 Å². The van der Waals surface area contributed by atoms with Gasteiger partial charge in [-0.1, -0.05) is 0 Å². The zero-order valence-electron chi connectivity index (χ0n) is 6.90. The number of hydrogen-bond donors (Lipinski definition) is 1. The Morgan fingerprint density at radius 1 is 1.46 bits per heavy atom. The number of halogens is 3. The fourth-order valence-corrected chi connectivity index (χ4v) is 0.965. The molecule has 0 saturated heterocycles. The zero-order chi connectivity index (χ0) is 10.1. The van der Waals surface area contributed by atoms with Crippen molar-refractivity contribution in [1.82, 2.24) is 4.98 Å². The first-order valence-electron chi connectivity index (χ1n) is 3.64. The highest BCUT2D eigenvalue weighted by atomic mass is 19.4. The van der Waals surface area contributed by atoms with E-state index < -0.39 is 12.6 Å². The van der Waals surface area contributed by atoms with Crippen LogP contribution >= 0.6 is 0 Å². The lowest BCUT2D eigenvalue weighted by molar-refractivity contribution is -0.127. The van der Waals surface area contributed by atoms with Gasteiger partial charge in [0.25, 0.3) is 0 Å². The molecule has 0 aliphatic rings. The average molecular weight is 191 g/mol. The number of nitrogens with one attached hydrogen (secondary N) is 1. The second-order valence-corrected chi connectivity index (χ2v) is 2.75. The van der Waals surface area contributed by atoms with Crippen molar-refractivity contribution in [3.63, 3.8) is 0 Å². The second kappa shape index (κ2) is 3.24. The number of ketones is 1. The van der Waals surface area contributed by atoms with Crippen LogP contribution in [0.15, 0.2) is 12.1 Å². The van der Waals surface area contributed by atoms with Gasteiger partial charge in [0.15, 0.2) is 5.78 Å². The molecule has 1 heterocycles. The van der Waals surface area contributed by atoms with Crippen LogP contribution in [0, 0.1) is 0 Å². The minimum absolute atomic E-state index is 0.0118. The Hall–Kier alpha value is -1.26. The van der Waals surface area contributed by atoms with Crippen molar-refractivity contribution in [2.24, 2.45) is 0 Å². The molecule has 0 radical (unpaired) electrons. The first kappa shape index (κ1) is 9.83. The predicted molar refractivity (Wildman–Crippen MR) is 40.6 cm³/mol. The molecule has 0 aromatic carbocycles. The summed E-state index contributed by atoms with van der Waals surface area (Å²) in [5.41, 5.74) is 0.219. The third kappa shape index (κ3) is 2.93. The van der Waals surface area contributed by atoms with E-state index >= 15 is 0 Å². The molecule has 2 nitrogen and oxygen atoms in total. The summed E-state index contributed by atoms with van der Waals surface area (Å²) in [6, 6.07) is 2.62. The molecule has 0 atom stereocenters. The maximum atomic E-state index is 11.8. The van der Waals surface area contributed by atoms with E-state index in [2.05, 4.69) is 4.98 Å². The number of aromatic amines is 1. The molecule has 0 bridgehead atoms. The van der Waals surface area contributed by atoms with Crippen LogP contribution in [0.4, 0.5) is 13.2 Å². The van der Waals surface area contributed by atoms with Crippen LogP contribution in [0.3, 0.4) is 0 Å². The van der Waals surface area contributed by atoms with E-state index in [4.69, 9.17) is 0 Å². The summed E-state index contributed by atoms with van der Waals surface area (Å²) in [5.74, 6) is -0.270. The van der Waals surface area contributed by atoms with Crippen LogP contribution in [-0.2, 0) is 6.42 Å². The Bertz CT molecular complexity index is 313. The first-order chi connectivity index (χ1) is 5.88. The Morgan fingerprint density at radius 2 is 2.08 bits per heavy atom. The molecule has 13 heavy (non-hydrogen) atoms. The van der Waals surface area contributed by atoms with Gasteiger partial charge in [-0.15, -0.1) is 0 Å². The van der Waals surface area contributed by atoms with Gasteiger partial charge in [-0.2, -0.15) is 13.2 Å². The minimum Gasteiger partial charge on any atom is -0.356 e. The lowest BCUT2D eigenvalue weighted by atomic mass is 10.3. The van der Waals surface area contributed by atoms with Crippen molar-refractivity contribution >= 4 is 5.78 Å². The van der Waals surface area contributed by atoms with Gasteiger partial charge in [-0.05, 0) is 12.1 Å². The van der Waals surface area contributed by atoms with Crippen molar-refractivity contribution in [1.29, 1.82) is 0 Å². The Kier molecular flexibility index (Phi) is 2.45. The van der Waals surface area contributed by atoms with Crippen molar-refractivity contribution < 1.29 is 18.0 Å². The standard InChI is InChI=1S/C8H8F3NO/c1-5(13)7-3-2-6(12-7)4-8(9,10)11/h2-3,12H,4H2,1H3. The summed E-state index contributed by atoms with van der Waals surface area (Å²) >= 11 is 0. The van der Waals surface area contributed by atoms with Crippen molar-refractivity contribution in [2.75, 3.05) is 0 Å². The third-order valence-electron chi connectivity index (χ3n) is 1.52. The van der Waals surface area contributed by atoms with Gasteiger partial charge in [-0.3, -0.25) is 4.79 Å². The maximum Gasteiger partial charge on any atom is 0.394 e. The normalized spacial score (nSPS) is 11.7. The third-order valence-corrected chi connectivity index (χ3v) is 1.52. The summed E-state index contributed by atoms with van der Waals surface area (Å²) in [7, 11) is 0. The highest BCUT2D eigenvalue weighted by Gasteiger charge is 2.28. The number of hydrogen-bond acceptors (Lipinski definition) is 1. The zero-order valence-corrected chi connectivity index (χ0v) is 6.90. The lowest BCUT2D eigenvalue weighted by Gasteiger charge is -2.02. The second-order valence-electron chi connectivity index (χ2n) is 2.75. The molecule has 0 saturated carbocycles. The largest absolute Gasteiger partial charge is 0.394 e. The van der Waals surface area contributed by atoms with Gasteiger partial charge in [0.2, 0.25) is 0 Å². The van der Waals surface area contributed by atoms with Crippen molar-refractivity contribution in [3.05, 3.63) is 23.5 Å². The van der Waals surface area contributed by atoms with Crippen molar-refractivity contribution in [3.8, 4) is 0 Å². The van der Waals surface area contributed by atoms with Gasteiger partial charge < -0.3 is 4.98 Å². The summed E-state index contributed by atoms with van der Waals surface area (Å²) in [6.45, 7) is 1.29. The van der Waals surface area contributed by atoms with Crippen LogP contribution in [-0.4, -0.2) is 16.9 Å². The van der Waals surface area contributed by atoms with Gasteiger partial charge in [0.1, 0.15) is 0 Å². The van der Waals surface area contributed by atoms with Crippen LogP contribution in [0.1, 0.15) is 23.1 Å². The molecular formula is C8H8F3NO. The molecule has 1 aromatic rings. The number of carbonyl (C=O) groups is 1. The topological polar surface area (TPSA) is 32.9 Å². The summed E-state index contributed by atoms with van der Waals surface area (Å²) in [4.78, 5) is 13.1. The Morgan fingerprint density at radius 3 is 2.46 bits per heavy atom. The SMILES string of the molecule is CC(=O)c1ccc(CC(F)(F)F)[nH]1. The molecule has 1 aromatic heterocycles. The lowest BCUT2D eigenvalue weighted by Crippen LogP contribution is -2.11. The Balaban J connectivity index is 2.75. The summed E-state index contributed by atoms with van der Waals surface area (Å²) in [5, 5.41) is 0.